The number of rotatable bonds is 7. The lowest BCUT2D eigenvalue weighted by Gasteiger charge is -2.25. The highest BCUT2D eigenvalue weighted by atomic mass is 127. The second-order valence-corrected chi connectivity index (χ2v) is 7.99. The van der Waals surface area contributed by atoms with Crippen molar-refractivity contribution in [3.8, 4) is 0 Å². The molecule has 7 heteroatoms. The number of ether oxygens (including phenoxy) is 1. The van der Waals surface area contributed by atoms with Crippen LogP contribution >= 0.6 is 35.3 Å². The molecule has 1 fully saturated rings. The number of hydrogen-bond donors (Lipinski definition) is 1. The summed E-state index contributed by atoms with van der Waals surface area (Å²) in [5, 5.41) is 6.55. The molecular weight excluding hydrogens is 447 g/mol. The van der Waals surface area contributed by atoms with Crippen LogP contribution in [0.15, 0.2) is 10.4 Å². The van der Waals surface area contributed by atoms with Crippen molar-refractivity contribution < 1.29 is 4.74 Å². The summed E-state index contributed by atoms with van der Waals surface area (Å²) in [5.74, 6) is 0.972. The number of halogens is 1. The summed E-state index contributed by atoms with van der Waals surface area (Å²) in [6.45, 7) is 9.05. The highest BCUT2D eigenvalue weighted by Crippen LogP contribution is 2.37. The van der Waals surface area contributed by atoms with E-state index in [1.807, 2.05) is 6.92 Å². The van der Waals surface area contributed by atoms with Crippen LogP contribution in [0.3, 0.4) is 0 Å². The molecule has 5 nitrogen and oxygen atoms in total. The summed E-state index contributed by atoms with van der Waals surface area (Å²) in [4.78, 5) is 11.8. The molecule has 1 aliphatic rings. The zero-order valence-electron chi connectivity index (χ0n) is 16.2. The molecule has 2 rings (SSSR count). The van der Waals surface area contributed by atoms with E-state index < -0.39 is 0 Å². The number of methoxy groups -OCH3 is 1. The molecule has 1 aliphatic carbocycles. The van der Waals surface area contributed by atoms with E-state index in [4.69, 9.17) is 9.73 Å². The monoisotopic (exact) mass is 480 g/mol. The number of thiazole rings is 1. The molecule has 1 N–H and O–H groups in total. The minimum Gasteiger partial charge on any atom is -0.375 e. The van der Waals surface area contributed by atoms with Gasteiger partial charge in [0, 0.05) is 32.6 Å². The smallest absolute Gasteiger partial charge is 0.194 e. The minimum atomic E-state index is 0. The fourth-order valence-electron chi connectivity index (χ4n) is 3.12. The van der Waals surface area contributed by atoms with Crippen LogP contribution in [0.2, 0.25) is 0 Å². The Labute approximate surface area is 173 Å². The molecule has 0 aliphatic heterocycles. The Morgan fingerprint density at radius 2 is 2.16 bits per heavy atom. The van der Waals surface area contributed by atoms with E-state index in [0.717, 1.165) is 36.3 Å². The van der Waals surface area contributed by atoms with E-state index in [1.165, 1.54) is 25.7 Å². The third kappa shape index (κ3) is 6.67. The molecule has 0 spiro atoms. The second-order valence-electron chi connectivity index (χ2n) is 7.10. The Hall–Kier alpha value is -0.410. The lowest BCUT2D eigenvalue weighted by atomic mass is 9.89. The van der Waals surface area contributed by atoms with Gasteiger partial charge in [-0.15, -0.1) is 35.3 Å². The summed E-state index contributed by atoms with van der Waals surface area (Å²) in [6.07, 6.45) is 5.34. The number of guanidine groups is 1. The molecule has 0 amide bonds. The van der Waals surface area contributed by atoms with E-state index in [9.17, 15) is 0 Å². The minimum absolute atomic E-state index is 0. The molecule has 0 saturated heterocycles. The maximum Gasteiger partial charge on any atom is 0.194 e. The fourth-order valence-corrected chi connectivity index (χ4v) is 3.96. The predicted molar refractivity (Wildman–Crippen MR) is 117 cm³/mol. The molecule has 1 atom stereocenters. The van der Waals surface area contributed by atoms with Gasteiger partial charge in [0.1, 0.15) is 11.1 Å². The zero-order chi connectivity index (χ0) is 17.6. The highest BCUT2D eigenvalue weighted by Gasteiger charge is 2.28. The van der Waals surface area contributed by atoms with Gasteiger partial charge in [-0.25, -0.2) is 4.98 Å². The number of nitrogens with one attached hydrogen (secondary N) is 1. The van der Waals surface area contributed by atoms with Crippen molar-refractivity contribution in [3.05, 3.63) is 16.1 Å². The Morgan fingerprint density at radius 3 is 2.76 bits per heavy atom. The van der Waals surface area contributed by atoms with Crippen LogP contribution in [0.5, 0.6) is 0 Å². The average molecular weight is 480 g/mol. The van der Waals surface area contributed by atoms with Gasteiger partial charge in [-0.05, 0) is 32.1 Å². The summed E-state index contributed by atoms with van der Waals surface area (Å²) in [6, 6.07) is 0. The third-order valence-corrected chi connectivity index (χ3v) is 5.84. The second kappa shape index (κ2) is 10.7. The van der Waals surface area contributed by atoms with E-state index in [1.54, 1.807) is 18.4 Å². The first-order valence-electron chi connectivity index (χ1n) is 8.94. The van der Waals surface area contributed by atoms with Gasteiger partial charge in [0.15, 0.2) is 5.96 Å². The summed E-state index contributed by atoms with van der Waals surface area (Å²) >= 11 is 1.66. The van der Waals surface area contributed by atoms with Crippen LogP contribution in [0, 0.1) is 5.41 Å². The van der Waals surface area contributed by atoms with Crippen LogP contribution in [-0.2, 0) is 11.3 Å². The average Bonchev–Trinajstić information content (AvgIpc) is 3.20. The van der Waals surface area contributed by atoms with Crippen molar-refractivity contribution in [1.29, 1.82) is 0 Å². The van der Waals surface area contributed by atoms with Crippen molar-refractivity contribution in [2.24, 2.45) is 10.4 Å². The van der Waals surface area contributed by atoms with Gasteiger partial charge in [0.05, 0.1) is 12.2 Å². The first kappa shape index (κ1) is 22.6. The molecule has 0 radical (unpaired) electrons. The zero-order valence-corrected chi connectivity index (χ0v) is 19.3. The van der Waals surface area contributed by atoms with E-state index >= 15 is 0 Å². The Bertz CT molecular complexity index is 543. The molecule has 1 saturated carbocycles. The molecule has 144 valence electrons. The van der Waals surface area contributed by atoms with E-state index in [0.29, 0.717) is 5.41 Å². The van der Waals surface area contributed by atoms with Gasteiger partial charge in [-0.3, -0.25) is 4.99 Å². The van der Waals surface area contributed by atoms with Crippen LogP contribution in [0.4, 0.5) is 0 Å². The summed E-state index contributed by atoms with van der Waals surface area (Å²) < 4.78 is 5.35. The normalized spacial score (nSPS) is 17.9. The maximum atomic E-state index is 5.35. The van der Waals surface area contributed by atoms with Gasteiger partial charge in [-0.1, -0.05) is 19.8 Å². The number of hydrogen-bond acceptors (Lipinski definition) is 4. The van der Waals surface area contributed by atoms with Crippen LogP contribution in [0.25, 0.3) is 0 Å². The maximum absolute atomic E-state index is 5.35. The molecule has 1 heterocycles. The quantitative estimate of drug-likeness (QED) is 0.356. The lowest BCUT2D eigenvalue weighted by molar-refractivity contribution is 0.119. The Kier molecular flexibility index (Phi) is 9.66. The first-order valence-corrected chi connectivity index (χ1v) is 9.82. The largest absolute Gasteiger partial charge is 0.375 e. The number of aromatic nitrogens is 1. The Morgan fingerprint density at radius 1 is 1.48 bits per heavy atom. The molecule has 0 aromatic carbocycles. The van der Waals surface area contributed by atoms with E-state index in [2.05, 4.69) is 41.5 Å². The van der Waals surface area contributed by atoms with Gasteiger partial charge >= 0.3 is 0 Å². The van der Waals surface area contributed by atoms with E-state index in [-0.39, 0.29) is 30.1 Å². The Balaban J connectivity index is 0.00000312. The highest BCUT2D eigenvalue weighted by molar-refractivity contribution is 14.0. The van der Waals surface area contributed by atoms with Gasteiger partial charge in [0.25, 0.3) is 0 Å². The van der Waals surface area contributed by atoms with Gasteiger partial charge < -0.3 is 15.0 Å². The molecule has 25 heavy (non-hydrogen) atoms. The standard InChI is InChI=1S/C18H32N4OS.HI/c1-6-19-17(20-13-18(3)9-7-8-10-18)22(4)11-15-12-24-16(21-15)14(2)23-5;/h12,14H,6-11,13H2,1-5H3,(H,19,20);1H. The number of aliphatic imine (C=N–C) groups is 1. The molecule has 1 aromatic heterocycles. The summed E-state index contributed by atoms with van der Waals surface area (Å²) in [5.41, 5.74) is 1.45. The van der Waals surface area contributed by atoms with Crippen molar-refractivity contribution in [1.82, 2.24) is 15.2 Å². The molecule has 1 aromatic rings. The van der Waals surface area contributed by atoms with Crippen molar-refractivity contribution in [2.75, 3.05) is 27.2 Å². The number of nitrogens with zero attached hydrogens (tertiary/aromatic N) is 3. The molecule has 1 unspecified atom stereocenters. The van der Waals surface area contributed by atoms with Crippen LogP contribution < -0.4 is 5.32 Å². The first-order chi connectivity index (χ1) is 11.5. The predicted octanol–water partition coefficient (Wildman–Crippen LogP) is 4.45. The van der Waals surface area contributed by atoms with Crippen molar-refractivity contribution >= 4 is 41.3 Å². The van der Waals surface area contributed by atoms with Crippen LogP contribution in [-0.4, -0.2) is 43.1 Å². The van der Waals surface area contributed by atoms with Crippen LogP contribution in [0.1, 0.15) is 63.3 Å². The molecular formula is C18H33IN4OS. The summed E-state index contributed by atoms with van der Waals surface area (Å²) in [7, 11) is 3.80. The van der Waals surface area contributed by atoms with Gasteiger partial charge in [0.2, 0.25) is 0 Å². The van der Waals surface area contributed by atoms with Crippen molar-refractivity contribution in [3.63, 3.8) is 0 Å². The topological polar surface area (TPSA) is 49.8 Å². The fraction of sp³-hybridized carbons (Fsp3) is 0.778. The third-order valence-electron chi connectivity index (χ3n) is 4.79. The lowest BCUT2D eigenvalue weighted by Crippen LogP contribution is -2.39. The van der Waals surface area contributed by atoms with Gasteiger partial charge in [-0.2, -0.15) is 0 Å². The molecule has 0 bridgehead atoms. The SMILES string of the molecule is CCNC(=NCC1(C)CCCC1)N(C)Cc1csc(C(C)OC)n1.I. The van der Waals surface area contributed by atoms with Crippen molar-refractivity contribution in [2.45, 2.75) is 59.1 Å².